The largest absolute Gasteiger partial charge is 0.353 e. The summed E-state index contributed by atoms with van der Waals surface area (Å²) in [6, 6.07) is 3.99. The van der Waals surface area contributed by atoms with Crippen molar-refractivity contribution in [2.45, 2.75) is 31.6 Å². The molecule has 0 unspecified atom stereocenters. The number of piperazine rings is 1. The fraction of sp³-hybridized carbons (Fsp3) is 0.556. The van der Waals surface area contributed by atoms with E-state index in [-0.39, 0.29) is 0 Å². The Morgan fingerprint density at radius 3 is 2.52 bits per heavy atom. The van der Waals surface area contributed by atoms with Crippen LogP contribution < -0.4 is 4.90 Å². The number of nitrogens with zero attached hydrogens (tertiary/aromatic N) is 5. The Balaban J connectivity index is 1.23. The van der Waals surface area contributed by atoms with Crippen LogP contribution in [0, 0.1) is 5.92 Å². The van der Waals surface area contributed by atoms with Crippen molar-refractivity contribution >= 4 is 11.7 Å². The van der Waals surface area contributed by atoms with Gasteiger partial charge in [-0.15, -0.1) is 0 Å². The van der Waals surface area contributed by atoms with Crippen LogP contribution in [0.25, 0.3) is 11.4 Å². The summed E-state index contributed by atoms with van der Waals surface area (Å²) in [6.45, 7) is 3.24. The summed E-state index contributed by atoms with van der Waals surface area (Å²) in [7, 11) is 0. The zero-order chi connectivity index (χ0) is 16.8. The Bertz CT molecular complexity index is 771. The van der Waals surface area contributed by atoms with Gasteiger partial charge in [0.2, 0.25) is 17.6 Å². The van der Waals surface area contributed by atoms with Crippen molar-refractivity contribution < 1.29 is 9.32 Å². The molecule has 0 N–H and O–H groups in total. The minimum atomic E-state index is 0.305. The molecular formula is C18H21N5O2. The van der Waals surface area contributed by atoms with Gasteiger partial charge in [0.25, 0.3) is 0 Å². The van der Waals surface area contributed by atoms with E-state index in [4.69, 9.17) is 4.52 Å². The third-order valence-electron chi connectivity index (χ3n) is 5.22. The second kappa shape index (κ2) is 5.82. The summed E-state index contributed by atoms with van der Waals surface area (Å²) >= 11 is 0. The summed E-state index contributed by atoms with van der Waals surface area (Å²) in [5, 5.41) is 4.06. The third-order valence-corrected chi connectivity index (χ3v) is 5.22. The van der Waals surface area contributed by atoms with Gasteiger partial charge in [-0.3, -0.25) is 4.79 Å². The van der Waals surface area contributed by atoms with Crippen molar-refractivity contribution in [1.82, 2.24) is 20.0 Å². The first kappa shape index (κ1) is 14.9. The lowest BCUT2D eigenvalue weighted by atomic mass is 10.2. The summed E-state index contributed by atoms with van der Waals surface area (Å²) in [5.74, 6) is 3.40. The molecule has 3 aliphatic rings. The van der Waals surface area contributed by atoms with E-state index >= 15 is 0 Å². The number of pyridine rings is 1. The molecule has 3 heterocycles. The summed E-state index contributed by atoms with van der Waals surface area (Å²) < 4.78 is 5.31. The van der Waals surface area contributed by atoms with Crippen LogP contribution in [0.3, 0.4) is 0 Å². The van der Waals surface area contributed by atoms with E-state index in [0.29, 0.717) is 23.6 Å². The van der Waals surface area contributed by atoms with E-state index in [1.165, 1.54) is 0 Å². The highest BCUT2D eigenvalue weighted by Gasteiger charge is 2.34. The highest BCUT2D eigenvalue weighted by atomic mass is 16.5. The van der Waals surface area contributed by atoms with Gasteiger partial charge in [-0.05, 0) is 37.8 Å². The van der Waals surface area contributed by atoms with Crippen molar-refractivity contribution in [3.63, 3.8) is 0 Å². The lowest BCUT2D eigenvalue weighted by molar-refractivity contribution is -0.132. The van der Waals surface area contributed by atoms with Crippen molar-refractivity contribution in [2.75, 3.05) is 31.1 Å². The van der Waals surface area contributed by atoms with Gasteiger partial charge in [0.15, 0.2) is 0 Å². The summed E-state index contributed by atoms with van der Waals surface area (Å²) in [5.41, 5.74) is 0.877. The molecule has 2 aromatic rings. The number of anilines is 1. The van der Waals surface area contributed by atoms with Gasteiger partial charge >= 0.3 is 0 Å². The number of carbonyl (C=O) groups excluding carboxylic acids is 1. The molecule has 1 aliphatic heterocycles. The van der Waals surface area contributed by atoms with E-state index in [1.54, 1.807) is 6.20 Å². The molecule has 0 aromatic carbocycles. The minimum Gasteiger partial charge on any atom is -0.353 e. The first-order valence-electron chi connectivity index (χ1n) is 9.12. The molecule has 7 heteroatoms. The topological polar surface area (TPSA) is 75.4 Å². The lowest BCUT2D eigenvalue weighted by Gasteiger charge is -2.35. The van der Waals surface area contributed by atoms with E-state index in [2.05, 4.69) is 20.0 Å². The van der Waals surface area contributed by atoms with Crippen molar-refractivity contribution in [3.05, 3.63) is 24.2 Å². The van der Waals surface area contributed by atoms with E-state index < -0.39 is 0 Å². The number of hydrogen-bond acceptors (Lipinski definition) is 6. The van der Waals surface area contributed by atoms with E-state index in [1.807, 2.05) is 17.0 Å². The molecule has 3 fully saturated rings. The van der Waals surface area contributed by atoms with Gasteiger partial charge in [-0.2, -0.15) is 4.98 Å². The van der Waals surface area contributed by atoms with Gasteiger partial charge in [0, 0.05) is 49.8 Å². The van der Waals surface area contributed by atoms with Crippen LogP contribution in [0.15, 0.2) is 22.9 Å². The Labute approximate surface area is 146 Å². The Morgan fingerprint density at radius 1 is 1.08 bits per heavy atom. The molecular weight excluding hydrogens is 318 g/mol. The maximum absolute atomic E-state index is 12.1. The summed E-state index contributed by atoms with van der Waals surface area (Å²) in [6.07, 6.45) is 6.24. The smallest absolute Gasteiger partial charge is 0.230 e. The molecule has 0 radical (unpaired) electrons. The maximum atomic E-state index is 12.1. The monoisotopic (exact) mass is 339 g/mol. The SMILES string of the molecule is O=C(C1CC1)N1CCN(c2ccc(-c3noc(C4CC4)n3)cn2)CC1. The zero-order valence-electron chi connectivity index (χ0n) is 14.1. The van der Waals surface area contributed by atoms with E-state index in [9.17, 15) is 4.79 Å². The van der Waals surface area contributed by atoms with Gasteiger partial charge < -0.3 is 14.3 Å². The first-order chi connectivity index (χ1) is 12.3. The molecule has 1 saturated heterocycles. The Morgan fingerprint density at radius 2 is 1.88 bits per heavy atom. The van der Waals surface area contributed by atoms with Crippen LogP contribution in [0.1, 0.15) is 37.5 Å². The molecule has 1 amide bonds. The van der Waals surface area contributed by atoms with Crippen molar-refractivity contribution in [1.29, 1.82) is 0 Å². The normalized spacial score (nSPS) is 20.8. The predicted octanol–water partition coefficient (Wildman–Crippen LogP) is 2.07. The Hall–Kier alpha value is -2.44. The number of hydrogen-bond donors (Lipinski definition) is 0. The van der Waals surface area contributed by atoms with Crippen LogP contribution in [0.2, 0.25) is 0 Å². The van der Waals surface area contributed by atoms with Crippen LogP contribution in [0.5, 0.6) is 0 Å². The molecule has 2 aliphatic carbocycles. The fourth-order valence-corrected chi connectivity index (χ4v) is 3.30. The number of amides is 1. The standard InChI is InChI=1S/C18H21N5O2/c24-18(13-3-4-13)23-9-7-22(8-10-23)15-6-5-14(11-19-15)16-20-17(25-21-16)12-1-2-12/h5-6,11-13H,1-4,7-10H2. The molecule has 2 saturated carbocycles. The van der Waals surface area contributed by atoms with Crippen molar-refractivity contribution in [2.24, 2.45) is 5.92 Å². The average molecular weight is 339 g/mol. The highest BCUT2D eigenvalue weighted by molar-refractivity contribution is 5.81. The van der Waals surface area contributed by atoms with Gasteiger partial charge in [0.1, 0.15) is 5.82 Å². The number of aromatic nitrogens is 3. The van der Waals surface area contributed by atoms with Gasteiger partial charge in [-0.1, -0.05) is 5.16 Å². The van der Waals surface area contributed by atoms with Crippen molar-refractivity contribution in [3.8, 4) is 11.4 Å². The van der Waals surface area contributed by atoms with E-state index in [0.717, 1.165) is 69.1 Å². The predicted molar refractivity (Wildman–Crippen MR) is 91.0 cm³/mol. The number of rotatable bonds is 4. The lowest BCUT2D eigenvalue weighted by Crippen LogP contribution is -2.49. The Kier molecular flexibility index (Phi) is 3.46. The molecule has 130 valence electrons. The second-order valence-corrected chi connectivity index (χ2v) is 7.22. The van der Waals surface area contributed by atoms with Crippen LogP contribution in [-0.2, 0) is 4.79 Å². The summed E-state index contributed by atoms with van der Waals surface area (Å²) in [4.78, 5) is 25.4. The zero-order valence-corrected chi connectivity index (χ0v) is 14.1. The minimum absolute atomic E-state index is 0.305. The first-order valence-corrected chi connectivity index (χ1v) is 9.12. The molecule has 5 rings (SSSR count). The molecule has 0 atom stereocenters. The number of carbonyl (C=O) groups is 1. The molecule has 0 spiro atoms. The van der Waals surface area contributed by atoms with Crippen LogP contribution in [0.4, 0.5) is 5.82 Å². The second-order valence-electron chi connectivity index (χ2n) is 7.22. The third kappa shape index (κ3) is 2.99. The highest BCUT2D eigenvalue weighted by Crippen LogP contribution is 2.39. The molecule has 0 bridgehead atoms. The van der Waals surface area contributed by atoms with Gasteiger partial charge in [-0.25, -0.2) is 4.98 Å². The molecule has 7 nitrogen and oxygen atoms in total. The van der Waals surface area contributed by atoms with Crippen LogP contribution >= 0.6 is 0 Å². The van der Waals surface area contributed by atoms with Gasteiger partial charge in [0.05, 0.1) is 0 Å². The fourth-order valence-electron chi connectivity index (χ4n) is 3.30. The average Bonchev–Trinajstić information content (AvgIpc) is 3.60. The van der Waals surface area contributed by atoms with Crippen LogP contribution in [-0.4, -0.2) is 52.1 Å². The maximum Gasteiger partial charge on any atom is 0.230 e. The molecule has 25 heavy (non-hydrogen) atoms. The quantitative estimate of drug-likeness (QED) is 0.849. The molecule has 2 aromatic heterocycles.